The van der Waals surface area contributed by atoms with Gasteiger partial charge in [0.15, 0.2) is 5.11 Å². The van der Waals surface area contributed by atoms with E-state index in [9.17, 15) is 9.59 Å². The van der Waals surface area contributed by atoms with Crippen LogP contribution in [0.4, 0.5) is 17.1 Å². The molecule has 3 heterocycles. The fourth-order valence-corrected chi connectivity index (χ4v) is 6.83. The van der Waals surface area contributed by atoms with E-state index in [0.717, 1.165) is 59.0 Å². The molecule has 1 amide bonds. The number of carbonyl (C=O) groups is 1. The third kappa shape index (κ3) is 6.45. The molecular weight excluding hydrogens is 578 g/mol. The van der Waals surface area contributed by atoms with E-state index in [4.69, 9.17) is 23.8 Å². The molecule has 4 aromatic rings. The number of aromatic nitrogens is 1. The zero-order valence-corrected chi connectivity index (χ0v) is 25.8. The van der Waals surface area contributed by atoms with Crippen LogP contribution in [0.1, 0.15) is 45.1 Å². The summed E-state index contributed by atoms with van der Waals surface area (Å²) in [6.45, 7) is 6.71. The van der Waals surface area contributed by atoms with Gasteiger partial charge in [-0.1, -0.05) is 41.9 Å². The number of thiocarbonyl (C=S) groups is 1. The summed E-state index contributed by atoms with van der Waals surface area (Å²) in [6.07, 6.45) is 1.05. The fraction of sp³-hybridized carbons (Fsp3) is 0.265. The summed E-state index contributed by atoms with van der Waals surface area (Å²) in [5, 5.41) is 10.7. The number of rotatable bonds is 6. The molecule has 7 nitrogen and oxygen atoms in total. The van der Waals surface area contributed by atoms with Crippen LogP contribution in [-0.4, -0.2) is 28.7 Å². The van der Waals surface area contributed by atoms with Gasteiger partial charge in [0.1, 0.15) is 0 Å². The van der Waals surface area contributed by atoms with E-state index in [-0.39, 0.29) is 17.4 Å². The van der Waals surface area contributed by atoms with Crippen LogP contribution in [0.2, 0.25) is 5.02 Å². The Kier molecular flexibility index (Phi) is 8.23. The smallest absolute Gasteiger partial charge is 0.251 e. The molecule has 0 radical (unpaired) electrons. The number of carbonyl (C=O) groups excluding carboxylic acids is 1. The van der Waals surface area contributed by atoms with Crippen LogP contribution < -0.4 is 26.4 Å². The van der Waals surface area contributed by atoms with E-state index < -0.39 is 0 Å². The van der Waals surface area contributed by atoms with Crippen LogP contribution in [0.3, 0.4) is 0 Å². The lowest BCUT2D eigenvalue weighted by molar-refractivity contribution is 0.0951. The minimum Gasteiger partial charge on any atom is -0.369 e. The molecule has 2 aliphatic rings. The highest BCUT2D eigenvalue weighted by atomic mass is 35.5. The van der Waals surface area contributed by atoms with E-state index in [1.165, 1.54) is 0 Å². The van der Waals surface area contributed by atoms with Crippen molar-refractivity contribution in [1.82, 2.24) is 9.88 Å². The number of pyridine rings is 1. The molecule has 220 valence electrons. The van der Waals surface area contributed by atoms with Gasteiger partial charge in [0.25, 0.3) is 11.5 Å². The van der Waals surface area contributed by atoms with Crippen molar-refractivity contribution in [2.75, 3.05) is 28.6 Å². The van der Waals surface area contributed by atoms with E-state index in [1.54, 1.807) is 6.07 Å². The molecule has 0 saturated carbocycles. The molecule has 2 aliphatic heterocycles. The molecule has 2 bridgehead atoms. The first-order valence-electron chi connectivity index (χ1n) is 14.5. The van der Waals surface area contributed by atoms with E-state index in [1.807, 2.05) is 65.2 Å². The minimum atomic E-state index is -0.202. The molecule has 1 saturated heterocycles. The Balaban J connectivity index is 1.28. The van der Waals surface area contributed by atoms with Gasteiger partial charge in [0, 0.05) is 60.1 Å². The number of benzene rings is 3. The van der Waals surface area contributed by atoms with Crippen molar-refractivity contribution in [3.63, 3.8) is 0 Å². The maximum Gasteiger partial charge on any atom is 0.251 e. The predicted octanol–water partition coefficient (Wildman–Crippen LogP) is 6.48. The Bertz CT molecular complexity index is 1750. The van der Waals surface area contributed by atoms with Gasteiger partial charge in [0.2, 0.25) is 0 Å². The summed E-state index contributed by atoms with van der Waals surface area (Å²) in [7, 11) is 0. The van der Waals surface area contributed by atoms with Crippen LogP contribution in [-0.2, 0) is 13.1 Å². The lowest BCUT2D eigenvalue weighted by Gasteiger charge is -2.44. The summed E-state index contributed by atoms with van der Waals surface area (Å²) < 4.78 is 1.94. The summed E-state index contributed by atoms with van der Waals surface area (Å²) >= 11 is 12.1. The second kappa shape index (κ2) is 12.2. The van der Waals surface area contributed by atoms with E-state index >= 15 is 0 Å². The predicted molar refractivity (Wildman–Crippen MR) is 179 cm³/mol. The molecular formula is C34H34ClN5O2S. The molecule has 1 fully saturated rings. The maximum atomic E-state index is 13.3. The standard InChI is InChI=1S/C34H34ClN5O2S/c1-21-12-22(2)14-27(13-21)37-34(43)38-29-16-24(33(42)36-17-25-6-3-4-7-28(25)35)10-11-31(29)39-18-23-15-26(20-39)30-8-5-9-32(41)40(30)19-23/h3-14,16,23,26H,15,17-20H2,1-2H3,(H,36,42)(H2,37,38,43). The number of nitrogens with one attached hydrogen (secondary N) is 3. The van der Waals surface area contributed by atoms with Crippen molar-refractivity contribution in [1.29, 1.82) is 0 Å². The molecule has 6 rings (SSSR count). The van der Waals surface area contributed by atoms with Crippen molar-refractivity contribution >= 4 is 51.9 Å². The van der Waals surface area contributed by atoms with E-state index in [2.05, 4.69) is 46.8 Å². The highest BCUT2D eigenvalue weighted by Crippen LogP contribution is 2.39. The number of aryl methyl sites for hydroxylation is 2. The quantitative estimate of drug-likeness (QED) is 0.217. The largest absolute Gasteiger partial charge is 0.369 e. The Hall–Kier alpha value is -4.14. The van der Waals surface area contributed by atoms with Crippen molar-refractivity contribution < 1.29 is 4.79 Å². The third-order valence-electron chi connectivity index (χ3n) is 8.20. The van der Waals surface area contributed by atoms with Crippen LogP contribution >= 0.6 is 23.8 Å². The lowest BCUT2D eigenvalue weighted by Crippen LogP contribution is -2.47. The second-order valence-electron chi connectivity index (χ2n) is 11.6. The van der Waals surface area contributed by atoms with Gasteiger partial charge in [-0.05, 0) is 97.6 Å². The van der Waals surface area contributed by atoms with Gasteiger partial charge in [-0.25, -0.2) is 0 Å². The summed E-state index contributed by atoms with van der Waals surface area (Å²) in [6, 6.07) is 25.0. The van der Waals surface area contributed by atoms with Crippen LogP contribution in [0.5, 0.6) is 0 Å². The van der Waals surface area contributed by atoms with Gasteiger partial charge in [-0.15, -0.1) is 0 Å². The van der Waals surface area contributed by atoms with Crippen LogP contribution in [0.25, 0.3) is 0 Å². The molecule has 0 aliphatic carbocycles. The number of hydrogen-bond donors (Lipinski definition) is 3. The number of fused-ring (bicyclic) bond motifs is 4. The Morgan fingerprint density at radius 3 is 2.51 bits per heavy atom. The van der Waals surface area contributed by atoms with Crippen molar-refractivity contribution in [3.05, 3.63) is 122 Å². The Morgan fingerprint density at radius 2 is 1.72 bits per heavy atom. The summed E-state index contributed by atoms with van der Waals surface area (Å²) in [5.74, 6) is 0.387. The third-order valence-corrected chi connectivity index (χ3v) is 8.78. The minimum absolute atomic E-state index is 0.0676. The number of amides is 1. The number of piperidine rings is 1. The van der Waals surface area contributed by atoms with Crippen LogP contribution in [0.15, 0.2) is 83.7 Å². The van der Waals surface area contributed by atoms with Gasteiger partial charge in [-0.2, -0.15) is 0 Å². The molecule has 2 unspecified atom stereocenters. The second-order valence-corrected chi connectivity index (χ2v) is 12.4. The molecule has 2 atom stereocenters. The highest BCUT2D eigenvalue weighted by molar-refractivity contribution is 7.80. The Morgan fingerprint density at radius 1 is 0.930 bits per heavy atom. The molecule has 3 aromatic carbocycles. The molecule has 1 aromatic heterocycles. The highest BCUT2D eigenvalue weighted by Gasteiger charge is 2.35. The van der Waals surface area contributed by atoms with Crippen molar-refractivity contribution in [3.8, 4) is 0 Å². The zero-order chi connectivity index (χ0) is 30.1. The average Bonchev–Trinajstić information content (AvgIpc) is 2.96. The first kappa shape index (κ1) is 29.0. The zero-order valence-electron chi connectivity index (χ0n) is 24.2. The molecule has 0 spiro atoms. The van der Waals surface area contributed by atoms with Gasteiger partial charge in [0.05, 0.1) is 11.4 Å². The molecule has 3 N–H and O–H groups in total. The number of nitrogens with zero attached hydrogens (tertiary/aromatic N) is 2. The Labute approximate surface area is 261 Å². The van der Waals surface area contributed by atoms with E-state index in [0.29, 0.717) is 34.7 Å². The first-order chi connectivity index (χ1) is 20.7. The number of halogens is 1. The lowest BCUT2D eigenvalue weighted by atomic mass is 9.83. The summed E-state index contributed by atoms with van der Waals surface area (Å²) in [4.78, 5) is 28.2. The monoisotopic (exact) mass is 611 g/mol. The number of anilines is 3. The van der Waals surface area contributed by atoms with Gasteiger partial charge in [-0.3, -0.25) is 9.59 Å². The topological polar surface area (TPSA) is 78.4 Å². The normalized spacial score (nSPS) is 17.1. The first-order valence-corrected chi connectivity index (χ1v) is 15.3. The van der Waals surface area contributed by atoms with Crippen molar-refractivity contribution in [2.45, 2.75) is 39.3 Å². The number of hydrogen-bond acceptors (Lipinski definition) is 4. The fourth-order valence-electron chi connectivity index (χ4n) is 6.40. The average molecular weight is 612 g/mol. The van der Waals surface area contributed by atoms with Gasteiger partial charge < -0.3 is 25.4 Å². The van der Waals surface area contributed by atoms with Crippen LogP contribution in [0, 0.1) is 19.8 Å². The molecule has 9 heteroatoms. The van der Waals surface area contributed by atoms with Crippen molar-refractivity contribution in [2.24, 2.45) is 5.92 Å². The van der Waals surface area contributed by atoms with Gasteiger partial charge >= 0.3 is 0 Å². The maximum absolute atomic E-state index is 13.3. The molecule has 43 heavy (non-hydrogen) atoms. The SMILES string of the molecule is Cc1cc(C)cc(NC(=S)Nc2cc(C(=O)NCc3ccccc3Cl)ccc2N2CC3CC(C2)c2cccc(=O)n2C3)c1. The summed E-state index contributed by atoms with van der Waals surface area (Å²) in [5.41, 5.74) is 7.42.